The first-order chi connectivity index (χ1) is 5.18. The van der Waals surface area contributed by atoms with E-state index in [0.29, 0.717) is 10.0 Å². The number of hydrogen-bond acceptors (Lipinski definition) is 0. The topological polar surface area (TPSA) is 0 Å². The Kier molecular flexibility index (Phi) is 5.01. The normalized spacial score (nSPS) is 8.27. The van der Waals surface area contributed by atoms with Crippen molar-refractivity contribution in [2.75, 3.05) is 0 Å². The van der Waals surface area contributed by atoms with Gasteiger partial charge in [0, 0.05) is 10.0 Å². The number of halogens is 2. The van der Waals surface area contributed by atoms with Crippen LogP contribution in [0.25, 0.3) is 0 Å². The molecule has 0 aliphatic carbocycles. The summed E-state index contributed by atoms with van der Waals surface area (Å²) < 4.78 is 0. The van der Waals surface area contributed by atoms with Crippen molar-refractivity contribution < 1.29 is 0 Å². The summed E-state index contributed by atoms with van der Waals surface area (Å²) in [6.07, 6.45) is 0. The summed E-state index contributed by atoms with van der Waals surface area (Å²) in [6, 6.07) is 5.46. The van der Waals surface area contributed by atoms with Crippen molar-refractivity contribution in [1.29, 1.82) is 0 Å². The van der Waals surface area contributed by atoms with Crippen LogP contribution < -0.4 is 0 Å². The van der Waals surface area contributed by atoms with Crippen LogP contribution in [-0.4, -0.2) is 0 Å². The molecule has 0 unspecified atom stereocenters. The van der Waals surface area contributed by atoms with Crippen LogP contribution in [0.15, 0.2) is 31.4 Å². The molecule has 0 nitrogen and oxygen atoms in total. The lowest BCUT2D eigenvalue weighted by Gasteiger charge is -1.93. The van der Waals surface area contributed by atoms with Crippen LogP contribution in [-0.2, 0) is 0 Å². The third-order valence-electron chi connectivity index (χ3n) is 1.01. The Morgan fingerprint density at radius 1 is 1.00 bits per heavy atom. The molecule has 2 heteroatoms. The third-order valence-corrected chi connectivity index (χ3v) is 1.44. The van der Waals surface area contributed by atoms with Crippen molar-refractivity contribution in [2.24, 2.45) is 0 Å². The molecule has 1 aromatic carbocycles. The van der Waals surface area contributed by atoms with E-state index in [0.717, 1.165) is 5.56 Å². The van der Waals surface area contributed by atoms with Crippen molar-refractivity contribution in [3.8, 4) is 0 Å². The first-order valence-electron chi connectivity index (χ1n) is 3.11. The van der Waals surface area contributed by atoms with E-state index in [-0.39, 0.29) is 0 Å². The van der Waals surface area contributed by atoms with Crippen LogP contribution >= 0.6 is 23.2 Å². The summed E-state index contributed by atoms with van der Waals surface area (Å²) in [6.45, 7) is 7.96. The van der Waals surface area contributed by atoms with Crippen molar-refractivity contribution in [3.63, 3.8) is 0 Å². The molecule has 11 heavy (non-hydrogen) atoms. The summed E-state index contributed by atoms with van der Waals surface area (Å²) >= 11 is 11.3. The fourth-order valence-electron chi connectivity index (χ4n) is 0.692. The maximum absolute atomic E-state index is 5.67. The predicted octanol–water partition coefficient (Wildman–Crippen LogP) is 4.10. The summed E-state index contributed by atoms with van der Waals surface area (Å²) in [5, 5.41) is 1.39. The van der Waals surface area contributed by atoms with Gasteiger partial charge in [-0.25, -0.2) is 0 Å². The van der Waals surface area contributed by atoms with Gasteiger partial charge in [-0.1, -0.05) is 23.2 Å². The standard InChI is InChI=1S/C7H6Cl2.C2H4/c1-5-2-6(8)4-7(9)3-5;1-2/h2-4H,1H3;1-2H2. The van der Waals surface area contributed by atoms with E-state index in [1.54, 1.807) is 6.07 Å². The minimum Gasteiger partial charge on any atom is -0.106 e. The lowest BCUT2D eigenvalue weighted by Crippen LogP contribution is -1.70. The third kappa shape index (κ3) is 4.07. The van der Waals surface area contributed by atoms with Gasteiger partial charge in [-0.2, -0.15) is 0 Å². The first-order valence-corrected chi connectivity index (χ1v) is 3.87. The van der Waals surface area contributed by atoms with Crippen molar-refractivity contribution in [2.45, 2.75) is 6.92 Å². The Bertz CT molecular complexity index is 181. The quantitative estimate of drug-likeness (QED) is 0.539. The fraction of sp³-hybridized carbons (Fsp3) is 0.111. The highest BCUT2D eigenvalue weighted by atomic mass is 35.5. The zero-order chi connectivity index (χ0) is 8.85. The molecule has 0 radical (unpaired) electrons. The molecule has 0 aliphatic heterocycles. The van der Waals surface area contributed by atoms with Gasteiger partial charge in [-0.05, 0) is 30.7 Å². The van der Waals surface area contributed by atoms with Crippen LogP contribution in [0.5, 0.6) is 0 Å². The fourth-order valence-corrected chi connectivity index (χ4v) is 1.33. The Labute approximate surface area is 77.4 Å². The van der Waals surface area contributed by atoms with E-state index in [2.05, 4.69) is 13.2 Å². The highest BCUT2D eigenvalue weighted by Crippen LogP contribution is 2.17. The highest BCUT2D eigenvalue weighted by Gasteiger charge is 1.90. The second-order valence-electron chi connectivity index (χ2n) is 1.95. The van der Waals surface area contributed by atoms with Gasteiger partial charge in [0.2, 0.25) is 0 Å². The SMILES string of the molecule is C=C.Cc1cc(Cl)cc(Cl)c1. The minimum absolute atomic E-state index is 0.694. The molecule has 0 heterocycles. The van der Waals surface area contributed by atoms with E-state index in [1.807, 2.05) is 19.1 Å². The molecule has 0 aliphatic rings. The Morgan fingerprint density at radius 2 is 1.36 bits per heavy atom. The zero-order valence-electron chi connectivity index (χ0n) is 6.40. The summed E-state index contributed by atoms with van der Waals surface area (Å²) in [4.78, 5) is 0. The highest BCUT2D eigenvalue weighted by molar-refractivity contribution is 6.34. The molecule has 0 atom stereocenters. The van der Waals surface area contributed by atoms with Gasteiger partial charge in [-0.3, -0.25) is 0 Å². The molecule has 60 valence electrons. The van der Waals surface area contributed by atoms with E-state index in [4.69, 9.17) is 23.2 Å². The molecule has 0 N–H and O–H groups in total. The average molecular weight is 189 g/mol. The summed E-state index contributed by atoms with van der Waals surface area (Å²) in [5.41, 5.74) is 1.09. The molecule has 0 spiro atoms. The lowest BCUT2D eigenvalue weighted by atomic mass is 10.2. The minimum atomic E-state index is 0.694. The molecule has 1 rings (SSSR count). The Morgan fingerprint density at radius 3 is 1.64 bits per heavy atom. The maximum atomic E-state index is 5.67. The average Bonchev–Trinajstić information content (AvgIpc) is 1.88. The predicted molar refractivity (Wildman–Crippen MR) is 52.5 cm³/mol. The first kappa shape index (κ1) is 10.5. The van der Waals surface area contributed by atoms with Gasteiger partial charge >= 0.3 is 0 Å². The second kappa shape index (κ2) is 5.22. The number of benzene rings is 1. The van der Waals surface area contributed by atoms with Gasteiger partial charge in [-0.15, -0.1) is 13.2 Å². The van der Waals surface area contributed by atoms with Crippen LogP contribution in [0.2, 0.25) is 10.0 Å². The summed E-state index contributed by atoms with van der Waals surface area (Å²) in [7, 11) is 0. The van der Waals surface area contributed by atoms with Gasteiger partial charge in [0.25, 0.3) is 0 Å². The van der Waals surface area contributed by atoms with Crippen LogP contribution in [0.4, 0.5) is 0 Å². The number of hydrogen-bond donors (Lipinski definition) is 0. The largest absolute Gasteiger partial charge is 0.106 e. The van der Waals surface area contributed by atoms with Gasteiger partial charge in [0.1, 0.15) is 0 Å². The van der Waals surface area contributed by atoms with E-state index >= 15 is 0 Å². The second-order valence-corrected chi connectivity index (χ2v) is 2.82. The van der Waals surface area contributed by atoms with Crippen LogP contribution in [0.3, 0.4) is 0 Å². The van der Waals surface area contributed by atoms with E-state index in [9.17, 15) is 0 Å². The van der Waals surface area contributed by atoms with Gasteiger partial charge < -0.3 is 0 Å². The molecule has 0 bridgehead atoms. The maximum Gasteiger partial charge on any atom is 0.0423 e. The van der Waals surface area contributed by atoms with Crippen LogP contribution in [0.1, 0.15) is 5.56 Å². The Hall–Kier alpha value is -0.460. The Balaban J connectivity index is 0.000000461. The van der Waals surface area contributed by atoms with Gasteiger partial charge in [0.15, 0.2) is 0 Å². The smallest absolute Gasteiger partial charge is 0.0423 e. The van der Waals surface area contributed by atoms with Gasteiger partial charge in [0.05, 0.1) is 0 Å². The molecule has 0 aromatic heterocycles. The zero-order valence-corrected chi connectivity index (χ0v) is 7.91. The molecule has 0 saturated carbocycles. The summed E-state index contributed by atoms with van der Waals surface area (Å²) in [5.74, 6) is 0. The number of aryl methyl sites for hydroxylation is 1. The molecular weight excluding hydrogens is 179 g/mol. The molecule has 0 amide bonds. The number of rotatable bonds is 0. The van der Waals surface area contributed by atoms with Crippen molar-refractivity contribution >= 4 is 23.2 Å². The van der Waals surface area contributed by atoms with Crippen LogP contribution in [0, 0.1) is 6.92 Å². The van der Waals surface area contributed by atoms with Crippen molar-refractivity contribution in [1.82, 2.24) is 0 Å². The monoisotopic (exact) mass is 188 g/mol. The molecule has 1 aromatic rings. The van der Waals surface area contributed by atoms with Crippen molar-refractivity contribution in [3.05, 3.63) is 47.0 Å². The van der Waals surface area contributed by atoms with E-state index in [1.165, 1.54) is 0 Å². The lowest BCUT2D eigenvalue weighted by molar-refractivity contribution is 1.47. The molecular formula is C9H10Cl2. The molecule has 0 fully saturated rings. The molecule has 0 saturated heterocycles. The van der Waals surface area contributed by atoms with E-state index < -0.39 is 0 Å².